The number of nitrogens with zero attached hydrogens (tertiary/aromatic N) is 4. The fourth-order valence-corrected chi connectivity index (χ4v) is 6.60. The molecule has 47 heavy (non-hydrogen) atoms. The first kappa shape index (κ1) is 36.0. The fourth-order valence-electron chi connectivity index (χ4n) is 5.97. The summed E-state index contributed by atoms with van der Waals surface area (Å²) in [6.45, 7) is 0.346. The molecule has 2 saturated heterocycles. The standard InChI is InChI=1S/C30H33F7N4O5S/c1-38(23-13-20(29(32,33)34)12-21(14-23)30(35,36)37)28(44)39(2)25-16-41(15-24(25)18-4-6-22(31)7-5-18)27(43)19-8-10-40(11-9-19)26(42)17-47(3,45)46/h4-7,12-14,19,24-25H,8-11,15-17H2,1-3H3. The van der Waals surface area contributed by atoms with Crippen LogP contribution in [0.3, 0.4) is 0 Å². The molecule has 4 amide bonds. The number of carbonyl (C=O) groups is 3. The van der Waals surface area contributed by atoms with Gasteiger partial charge in [0.05, 0.1) is 17.2 Å². The van der Waals surface area contributed by atoms with Crippen molar-refractivity contribution >= 4 is 33.4 Å². The number of sulfone groups is 1. The van der Waals surface area contributed by atoms with Crippen LogP contribution in [-0.2, 0) is 31.8 Å². The third kappa shape index (κ3) is 8.53. The second-order valence-electron chi connectivity index (χ2n) is 11.9. The van der Waals surface area contributed by atoms with Gasteiger partial charge in [0, 0.05) is 64.1 Å². The van der Waals surface area contributed by atoms with Crippen LogP contribution in [0.25, 0.3) is 0 Å². The third-order valence-electron chi connectivity index (χ3n) is 8.53. The minimum atomic E-state index is -5.12. The first-order chi connectivity index (χ1) is 21.7. The molecule has 258 valence electrons. The molecule has 2 aliphatic heterocycles. The summed E-state index contributed by atoms with van der Waals surface area (Å²) in [6.07, 6.45) is -8.79. The summed E-state index contributed by atoms with van der Waals surface area (Å²) < 4.78 is 118. The number of likely N-dealkylation sites (N-methyl/N-ethyl adjacent to an activating group) is 1. The molecule has 2 atom stereocenters. The maximum absolute atomic E-state index is 13.8. The van der Waals surface area contributed by atoms with Crippen LogP contribution in [0.4, 0.5) is 41.2 Å². The molecule has 4 rings (SSSR count). The SMILES string of the molecule is CN(C(=O)N(C)C1CN(C(=O)C2CCN(C(=O)CS(C)(=O)=O)CC2)CC1c1ccc(F)cc1)c1cc(C(F)(F)F)cc(C(F)(F)F)c1. The van der Waals surface area contributed by atoms with Gasteiger partial charge in [0.25, 0.3) is 0 Å². The van der Waals surface area contributed by atoms with E-state index in [0.717, 1.165) is 18.2 Å². The topological polar surface area (TPSA) is 98.3 Å². The zero-order chi connectivity index (χ0) is 35.1. The molecule has 2 aromatic carbocycles. The minimum absolute atomic E-state index is 0.0390. The molecule has 2 aliphatic rings. The average molecular weight is 695 g/mol. The molecule has 0 saturated carbocycles. The van der Waals surface area contributed by atoms with Crippen molar-refractivity contribution in [3.63, 3.8) is 0 Å². The second-order valence-corrected chi connectivity index (χ2v) is 14.1. The maximum Gasteiger partial charge on any atom is 0.416 e. The molecule has 0 aromatic heterocycles. The summed E-state index contributed by atoms with van der Waals surface area (Å²) in [5, 5.41) is 0. The normalized spacial score (nSPS) is 19.5. The Bertz CT molecular complexity index is 1580. The predicted molar refractivity (Wildman–Crippen MR) is 157 cm³/mol. The summed E-state index contributed by atoms with van der Waals surface area (Å²) in [7, 11) is -1.18. The first-order valence-electron chi connectivity index (χ1n) is 14.5. The molecule has 0 spiro atoms. The van der Waals surface area contributed by atoms with Crippen LogP contribution in [0.15, 0.2) is 42.5 Å². The Hall–Kier alpha value is -3.89. The molecular formula is C30H33F7N4O5S. The highest BCUT2D eigenvalue weighted by molar-refractivity contribution is 7.91. The largest absolute Gasteiger partial charge is 0.416 e. The Kier molecular flexibility index (Phi) is 10.2. The van der Waals surface area contributed by atoms with E-state index in [9.17, 15) is 53.5 Å². The zero-order valence-electron chi connectivity index (χ0n) is 25.6. The van der Waals surface area contributed by atoms with Gasteiger partial charge in [0.2, 0.25) is 11.8 Å². The summed E-state index contributed by atoms with van der Waals surface area (Å²) in [6, 6.07) is 4.42. The number of carbonyl (C=O) groups excluding carboxylic acids is 3. The first-order valence-corrected chi connectivity index (χ1v) is 16.5. The lowest BCUT2D eigenvalue weighted by atomic mass is 9.93. The van der Waals surface area contributed by atoms with Crippen LogP contribution in [0.1, 0.15) is 35.4 Å². The van der Waals surface area contributed by atoms with E-state index in [1.54, 1.807) is 0 Å². The van der Waals surface area contributed by atoms with Crippen LogP contribution in [-0.4, -0.2) is 99.3 Å². The average Bonchev–Trinajstić information content (AvgIpc) is 3.43. The Morgan fingerprint density at radius 3 is 1.87 bits per heavy atom. The van der Waals surface area contributed by atoms with Crippen molar-refractivity contribution in [2.45, 2.75) is 37.2 Å². The Morgan fingerprint density at radius 2 is 1.38 bits per heavy atom. The second kappa shape index (κ2) is 13.3. The lowest BCUT2D eigenvalue weighted by molar-refractivity contribution is -0.143. The van der Waals surface area contributed by atoms with Gasteiger partial charge in [-0.05, 0) is 48.7 Å². The fraction of sp³-hybridized carbons (Fsp3) is 0.500. The Labute approximate surface area is 266 Å². The molecule has 2 aromatic rings. The van der Waals surface area contributed by atoms with Crippen molar-refractivity contribution in [2.24, 2.45) is 5.92 Å². The minimum Gasteiger partial charge on any atom is -0.342 e. The molecule has 17 heteroatoms. The molecule has 0 radical (unpaired) electrons. The molecule has 2 heterocycles. The van der Waals surface area contributed by atoms with E-state index in [2.05, 4.69) is 0 Å². The molecular weight excluding hydrogens is 661 g/mol. The smallest absolute Gasteiger partial charge is 0.342 e. The molecule has 2 fully saturated rings. The lowest BCUT2D eigenvalue weighted by Gasteiger charge is -2.34. The van der Waals surface area contributed by atoms with Crippen LogP contribution in [0.2, 0.25) is 0 Å². The van der Waals surface area contributed by atoms with Crippen molar-refractivity contribution in [1.29, 1.82) is 0 Å². The summed E-state index contributed by atoms with van der Waals surface area (Å²) in [5.74, 6) is -3.17. The number of benzene rings is 2. The van der Waals surface area contributed by atoms with E-state index in [1.807, 2.05) is 0 Å². The molecule has 9 nitrogen and oxygen atoms in total. The highest BCUT2D eigenvalue weighted by atomic mass is 32.2. The van der Waals surface area contributed by atoms with Crippen molar-refractivity contribution in [3.05, 3.63) is 65.0 Å². The van der Waals surface area contributed by atoms with Gasteiger partial charge in [-0.15, -0.1) is 0 Å². The van der Waals surface area contributed by atoms with Gasteiger partial charge in [0.15, 0.2) is 9.84 Å². The highest BCUT2D eigenvalue weighted by Crippen LogP contribution is 2.39. The van der Waals surface area contributed by atoms with E-state index in [1.165, 1.54) is 41.1 Å². The third-order valence-corrected chi connectivity index (χ3v) is 9.30. The van der Waals surface area contributed by atoms with Crippen molar-refractivity contribution in [2.75, 3.05) is 57.2 Å². The van der Waals surface area contributed by atoms with Gasteiger partial charge < -0.3 is 14.7 Å². The molecule has 0 N–H and O–H groups in total. The quantitative estimate of drug-likeness (QED) is 0.411. The maximum atomic E-state index is 13.8. The molecule has 0 aliphatic carbocycles. The van der Waals surface area contributed by atoms with E-state index >= 15 is 0 Å². The lowest BCUT2D eigenvalue weighted by Crippen LogP contribution is -2.48. The van der Waals surface area contributed by atoms with E-state index in [4.69, 9.17) is 0 Å². The highest BCUT2D eigenvalue weighted by Gasteiger charge is 2.43. The van der Waals surface area contributed by atoms with Crippen LogP contribution in [0.5, 0.6) is 0 Å². The Balaban J connectivity index is 1.56. The zero-order valence-corrected chi connectivity index (χ0v) is 26.4. The van der Waals surface area contributed by atoms with E-state index in [-0.39, 0.29) is 51.0 Å². The monoisotopic (exact) mass is 694 g/mol. The summed E-state index contributed by atoms with van der Waals surface area (Å²) in [4.78, 5) is 44.2. The number of rotatable bonds is 6. The number of amides is 4. The number of urea groups is 1. The molecule has 2 unspecified atom stereocenters. The number of hydrogen-bond acceptors (Lipinski definition) is 5. The van der Waals surface area contributed by atoms with Gasteiger partial charge in [-0.2, -0.15) is 26.3 Å². The van der Waals surface area contributed by atoms with Gasteiger partial charge in [-0.3, -0.25) is 14.5 Å². The van der Waals surface area contributed by atoms with Gasteiger partial charge in [0.1, 0.15) is 11.6 Å². The van der Waals surface area contributed by atoms with E-state index in [0.29, 0.717) is 22.6 Å². The number of alkyl halides is 6. The van der Waals surface area contributed by atoms with E-state index < -0.39 is 80.4 Å². The number of halogens is 7. The van der Waals surface area contributed by atoms with Crippen LogP contribution in [0, 0.1) is 11.7 Å². The number of piperidine rings is 1. The van der Waals surface area contributed by atoms with Crippen LogP contribution >= 0.6 is 0 Å². The van der Waals surface area contributed by atoms with Gasteiger partial charge in [-0.1, -0.05) is 12.1 Å². The predicted octanol–water partition coefficient (Wildman–Crippen LogP) is 4.63. The summed E-state index contributed by atoms with van der Waals surface area (Å²) in [5.41, 5.74) is -3.27. The van der Waals surface area contributed by atoms with Crippen molar-refractivity contribution < 1.29 is 53.5 Å². The number of likely N-dealkylation sites (tertiary alicyclic amines) is 2. The molecule has 0 bridgehead atoms. The van der Waals surface area contributed by atoms with Gasteiger partial charge >= 0.3 is 18.4 Å². The van der Waals surface area contributed by atoms with Gasteiger partial charge in [-0.25, -0.2) is 17.6 Å². The number of anilines is 1. The van der Waals surface area contributed by atoms with Crippen LogP contribution < -0.4 is 4.90 Å². The Morgan fingerprint density at radius 1 is 0.851 bits per heavy atom. The van der Waals surface area contributed by atoms with Crippen molar-refractivity contribution in [3.8, 4) is 0 Å². The van der Waals surface area contributed by atoms with Crippen molar-refractivity contribution in [1.82, 2.24) is 14.7 Å². The summed E-state index contributed by atoms with van der Waals surface area (Å²) >= 11 is 0. The number of hydrogen-bond donors (Lipinski definition) is 0.